The first kappa shape index (κ1) is 17.3. The minimum Gasteiger partial charge on any atom is -0.368 e. The maximum absolute atomic E-state index is 11.4. The van der Waals surface area contributed by atoms with E-state index >= 15 is 0 Å². The molecule has 1 aliphatic heterocycles. The quantitative estimate of drug-likeness (QED) is 0.607. The van der Waals surface area contributed by atoms with Crippen LogP contribution in [0.5, 0.6) is 0 Å². The Balaban J connectivity index is 1.49. The van der Waals surface area contributed by atoms with Gasteiger partial charge in [0.05, 0.1) is 15.2 Å². The van der Waals surface area contributed by atoms with Gasteiger partial charge in [-0.3, -0.25) is 4.79 Å². The third-order valence-corrected chi connectivity index (χ3v) is 6.45. The van der Waals surface area contributed by atoms with E-state index in [1.807, 2.05) is 36.4 Å². The number of hydrogen-bond acceptors (Lipinski definition) is 5. The third kappa shape index (κ3) is 3.17. The summed E-state index contributed by atoms with van der Waals surface area (Å²) in [7, 11) is 0. The molecule has 6 heteroatoms. The molecule has 0 saturated carbocycles. The van der Waals surface area contributed by atoms with Crippen molar-refractivity contribution in [2.24, 2.45) is 0 Å². The predicted molar refractivity (Wildman–Crippen MR) is 110 cm³/mol. The molecule has 0 unspecified atom stereocenters. The lowest BCUT2D eigenvalue weighted by Crippen LogP contribution is -2.46. The van der Waals surface area contributed by atoms with Crippen LogP contribution < -0.4 is 9.80 Å². The van der Waals surface area contributed by atoms with Crippen LogP contribution in [0.1, 0.15) is 22.8 Å². The number of benzene rings is 2. The highest BCUT2D eigenvalue weighted by atomic mass is 35.5. The number of hydrogen-bond donors (Lipinski definition) is 0. The Hall–Kier alpha value is -2.11. The highest BCUT2D eigenvalue weighted by molar-refractivity contribution is 7.22. The molecule has 0 bridgehead atoms. The molecule has 2 heterocycles. The largest absolute Gasteiger partial charge is 0.368 e. The maximum atomic E-state index is 11.4. The smallest absolute Gasteiger partial charge is 0.186 e. The van der Waals surface area contributed by atoms with Crippen LogP contribution in [0, 0.1) is 6.92 Å². The standard InChI is InChI=1S/C20H20ClN3OS/c1-13-3-8-17(21)19-18(13)22-20(26-19)24-11-9-23(10-12-24)16-6-4-15(5-7-16)14(2)25/h3-8H,9-12H2,1-2H3. The molecule has 134 valence electrons. The Morgan fingerprint density at radius 3 is 2.31 bits per heavy atom. The summed E-state index contributed by atoms with van der Waals surface area (Å²) >= 11 is 8.01. The molecule has 0 atom stereocenters. The van der Waals surface area contributed by atoms with E-state index in [0.29, 0.717) is 0 Å². The zero-order valence-electron chi connectivity index (χ0n) is 14.8. The van der Waals surface area contributed by atoms with Crippen molar-refractivity contribution in [3.8, 4) is 0 Å². The zero-order valence-corrected chi connectivity index (χ0v) is 16.4. The molecule has 26 heavy (non-hydrogen) atoms. The molecule has 0 radical (unpaired) electrons. The second-order valence-electron chi connectivity index (χ2n) is 6.62. The molecule has 0 aliphatic carbocycles. The van der Waals surface area contributed by atoms with Gasteiger partial charge in [-0.15, -0.1) is 0 Å². The third-order valence-electron chi connectivity index (χ3n) is 4.88. The molecule has 1 aromatic heterocycles. The summed E-state index contributed by atoms with van der Waals surface area (Å²) in [4.78, 5) is 20.9. The fraction of sp³-hybridized carbons (Fsp3) is 0.300. The Bertz CT molecular complexity index is 920. The molecule has 0 N–H and O–H groups in total. The normalized spacial score (nSPS) is 14.9. The van der Waals surface area contributed by atoms with Gasteiger partial charge in [-0.1, -0.05) is 29.0 Å². The van der Waals surface area contributed by atoms with Crippen LogP contribution in [0.25, 0.3) is 10.2 Å². The van der Waals surface area contributed by atoms with E-state index in [2.05, 4.69) is 16.7 Å². The average Bonchev–Trinajstić information content (AvgIpc) is 3.12. The van der Waals surface area contributed by atoms with Crippen molar-refractivity contribution in [1.29, 1.82) is 0 Å². The van der Waals surface area contributed by atoms with Gasteiger partial charge in [0.1, 0.15) is 0 Å². The second-order valence-corrected chi connectivity index (χ2v) is 8.00. The van der Waals surface area contributed by atoms with E-state index in [9.17, 15) is 4.79 Å². The molecular weight excluding hydrogens is 366 g/mol. The van der Waals surface area contributed by atoms with Crippen LogP contribution in [-0.4, -0.2) is 36.9 Å². The van der Waals surface area contributed by atoms with Crippen molar-refractivity contribution in [3.05, 3.63) is 52.5 Å². The lowest BCUT2D eigenvalue weighted by molar-refractivity contribution is 0.101. The number of aryl methyl sites for hydroxylation is 1. The highest BCUT2D eigenvalue weighted by Gasteiger charge is 2.21. The number of fused-ring (bicyclic) bond motifs is 1. The van der Waals surface area contributed by atoms with Crippen molar-refractivity contribution >= 4 is 49.8 Å². The lowest BCUT2D eigenvalue weighted by Gasteiger charge is -2.36. The van der Waals surface area contributed by atoms with Crippen LogP contribution in [-0.2, 0) is 0 Å². The maximum Gasteiger partial charge on any atom is 0.186 e. The molecule has 4 rings (SSSR count). The zero-order chi connectivity index (χ0) is 18.3. The number of nitrogens with zero attached hydrogens (tertiary/aromatic N) is 3. The van der Waals surface area contributed by atoms with Crippen LogP contribution in [0.4, 0.5) is 10.8 Å². The Morgan fingerprint density at radius 1 is 1.04 bits per heavy atom. The fourth-order valence-corrected chi connectivity index (χ4v) is 4.66. The number of rotatable bonds is 3. The van der Waals surface area contributed by atoms with Gasteiger partial charge in [0.15, 0.2) is 10.9 Å². The number of piperazine rings is 1. The van der Waals surface area contributed by atoms with Gasteiger partial charge in [-0.05, 0) is 49.7 Å². The highest BCUT2D eigenvalue weighted by Crippen LogP contribution is 2.36. The van der Waals surface area contributed by atoms with E-state index in [1.54, 1.807) is 18.3 Å². The van der Waals surface area contributed by atoms with E-state index in [4.69, 9.17) is 16.6 Å². The topological polar surface area (TPSA) is 36.4 Å². The minimum absolute atomic E-state index is 0.103. The van der Waals surface area contributed by atoms with Gasteiger partial charge in [0, 0.05) is 37.4 Å². The number of Topliss-reactive ketones (excluding diaryl/α,β-unsaturated/α-hetero) is 1. The molecule has 4 nitrogen and oxygen atoms in total. The summed E-state index contributed by atoms with van der Waals surface area (Å²) in [6.45, 7) is 7.38. The van der Waals surface area contributed by atoms with Crippen molar-refractivity contribution in [2.75, 3.05) is 36.0 Å². The van der Waals surface area contributed by atoms with Gasteiger partial charge in [0.2, 0.25) is 0 Å². The first-order chi connectivity index (χ1) is 12.5. The van der Waals surface area contributed by atoms with Crippen LogP contribution >= 0.6 is 22.9 Å². The van der Waals surface area contributed by atoms with Gasteiger partial charge in [-0.25, -0.2) is 4.98 Å². The number of halogens is 1. The molecule has 1 fully saturated rings. The monoisotopic (exact) mass is 385 g/mol. The fourth-order valence-electron chi connectivity index (χ4n) is 3.29. The summed E-state index contributed by atoms with van der Waals surface area (Å²) in [5.41, 5.74) is 4.10. The van der Waals surface area contributed by atoms with Crippen LogP contribution in [0.2, 0.25) is 5.02 Å². The Morgan fingerprint density at radius 2 is 1.69 bits per heavy atom. The number of anilines is 2. The Labute approximate surface area is 162 Å². The van der Waals surface area contributed by atoms with Gasteiger partial charge < -0.3 is 9.80 Å². The summed E-state index contributed by atoms with van der Waals surface area (Å²) in [6.07, 6.45) is 0. The summed E-state index contributed by atoms with van der Waals surface area (Å²) in [6, 6.07) is 11.9. The Kier molecular flexibility index (Phi) is 4.59. The molecule has 0 spiro atoms. The van der Waals surface area contributed by atoms with Crippen molar-refractivity contribution < 1.29 is 4.79 Å². The number of carbonyl (C=O) groups is 1. The molecule has 2 aromatic carbocycles. The average molecular weight is 386 g/mol. The van der Waals surface area contributed by atoms with E-state index in [0.717, 1.165) is 63.4 Å². The molecular formula is C20H20ClN3OS. The first-order valence-electron chi connectivity index (χ1n) is 8.69. The lowest BCUT2D eigenvalue weighted by atomic mass is 10.1. The number of ketones is 1. The van der Waals surface area contributed by atoms with Crippen molar-refractivity contribution in [1.82, 2.24) is 4.98 Å². The summed E-state index contributed by atoms with van der Waals surface area (Å²) in [5.74, 6) is 0.103. The van der Waals surface area contributed by atoms with Crippen LogP contribution in [0.3, 0.4) is 0 Å². The summed E-state index contributed by atoms with van der Waals surface area (Å²) < 4.78 is 1.07. The van der Waals surface area contributed by atoms with Crippen molar-refractivity contribution in [3.63, 3.8) is 0 Å². The molecule has 1 saturated heterocycles. The molecule has 0 amide bonds. The van der Waals surface area contributed by atoms with Gasteiger partial charge in [0.25, 0.3) is 0 Å². The first-order valence-corrected chi connectivity index (χ1v) is 9.89. The minimum atomic E-state index is 0.103. The number of carbonyl (C=O) groups excluding carboxylic acids is 1. The second kappa shape index (κ2) is 6.89. The van der Waals surface area contributed by atoms with E-state index in [-0.39, 0.29) is 5.78 Å². The van der Waals surface area contributed by atoms with E-state index in [1.165, 1.54) is 0 Å². The van der Waals surface area contributed by atoms with Gasteiger partial charge in [-0.2, -0.15) is 0 Å². The number of thiazole rings is 1. The molecule has 1 aliphatic rings. The SMILES string of the molecule is CC(=O)c1ccc(N2CCN(c3nc4c(C)ccc(Cl)c4s3)CC2)cc1. The van der Waals surface area contributed by atoms with Gasteiger partial charge >= 0.3 is 0 Å². The predicted octanol–water partition coefficient (Wildman–Crippen LogP) is 4.79. The molecule has 3 aromatic rings. The summed E-state index contributed by atoms with van der Waals surface area (Å²) in [5, 5.41) is 1.82. The number of aromatic nitrogens is 1. The van der Waals surface area contributed by atoms with Crippen molar-refractivity contribution in [2.45, 2.75) is 13.8 Å². The van der Waals surface area contributed by atoms with E-state index < -0.39 is 0 Å². The van der Waals surface area contributed by atoms with Crippen LogP contribution in [0.15, 0.2) is 36.4 Å².